The van der Waals surface area contributed by atoms with E-state index in [4.69, 9.17) is 0 Å². The minimum Gasteiger partial charge on any atom is -0.386 e. The van der Waals surface area contributed by atoms with Crippen molar-refractivity contribution in [3.05, 3.63) is 34.9 Å². The molecule has 1 aliphatic rings. The summed E-state index contributed by atoms with van der Waals surface area (Å²) in [4.78, 5) is 22.6. The zero-order valence-corrected chi connectivity index (χ0v) is 8.96. The van der Waals surface area contributed by atoms with Gasteiger partial charge in [0.2, 0.25) is 0 Å². The van der Waals surface area contributed by atoms with E-state index < -0.39 is 11.9 Å². The largest absolute Gasteiger partial charge is 0.386 e. The van der Waals surface area contributed by atoms with Crippen LogP contribution in [0.5, 0.6) is 0 Å². The van der Waals surface area contributed by atoms with Crippen molar-refractivity contribution >= 4 is 11.9 Å². The topological polar surface area (TPSA) is 43.4 Å². The second-order valence-corrected chi connectivity index (χ2v) is 4.73. The third-order valence-corrected chi connectivity index (χ3v) is 2.46. The van der Waals surface area contributed by atoms with Crippen LogP contribution in [-0.2, 0) is 10.2 Å². The standard InChI is InChI=1S/C12H12O3/c1-12(2,3)9-5-7-4-8(6-9)11(14)15-10(7)13/h4-6H,1-3H3. The van der Waals surface area contributed by atoms with Gasteiger partial charge in [0.15, 0.2) is 0 Å². The van der Waals surface area contributed by atoms with Crippen LogP contribution in [0.1, 0.15) is 47.1 Å². The van der Waals surface area contributed by atoms with Gasteiger partial charge < -0.3 is 4.74 Å². The Balaban J connectivity index is 2.62. The first-order valence-corrected chi connectivity index (χ1v) is 4.80. The van der Waals surface area contributed by atoms with E-state index in [1.165, 1.54) is 0 Å². The molecule has 2 bridgehead atoms. The fourth-order valence-corrected chi connectivity index (χ4v) is 1.50. The summed E-state index contributed by atoms with van der Waals surface area (Å²) >= 11 is 0. The van der Waals surface area contributed by atoms with Crippen molar-refractivity contribution in [3.8, 4) is 0 Å². The second-order valence-electron chi connectivity index (χ2n) is 4.73. The zero-order valence-electron chi connectivity index (χ0n) is 8.96. The van der Waals surface area contributed by atoms with Crippen LogP contribution >= 0.6 is 0 Å². The van der Waals surface area contributed by atoms with Crippen LogP contribution in [0.2, 0.25) is 0 Å². The van der Waals surface area contributed by atoms with E-state index in [-0.39, 0.29) is 5.41 Å². The van der Waals surface area contributed by atoms with Gasteiger partial charge in [0.25, 0.3) is 0 Å². The minimum atomic E-state index is -0.557. The number of fused-ring (bicyclic) bond motifs is 2. The summed E-state index contributed by atoms with van der Waals surface area (Å²) in [6.45, 7) is 6.11. The molecule has 0 N–H and O–H groups in total. The number of rotatable bonds is 0. The molecule has 0 fully saturated rings. The molecular formula is C12H12O3. The molecule has 0 spiro atoms. The van der Waals surface area contributed by atoms with Crippen LogP contribution in [0.25, 0.3) is 0 Å². The number of hydrogen-bond donors (Lipinski definition) is 0. The number of carbonyl (C=O) groups is 2. The van der Waals surface area contributed by atoms with Gasteiger partial charge in [0, 0.05) is 0 Å². The van der Waals surface area contributed by atoms with Gasteiger partial charge in [-0.15, -0.1) is 0 Å². The van der Waals surface area contributed by atoms with Crippen LogP contribution < -0.4 is 0 Å². The van der Waals surface area contributed by atoms with Gasteiger partial charge in [-0.25, -0.2) is 9.59 Å². The first kappa shape index (κ1) is 9.90. The molecule has 0 radical (unpaired) electrons. The normalized spacial score (nSPS) is 15.1. The third-order valence-electron chi connectivity index (χ3n) is 2.46. The zero-order chi connectivity index (χ0) is 11.2. The number of hydrogen-bond acceptors (Lipinski definition) is 3. The lowest BCUT2D eigenvalue weighted by Crippen LogP contribution is -2.22. The highest BCUT2D eigenvalue weighted by Crippen LogP contribution is 2.27. The van der Waals surface area contributed by atoms with E-state index in [1.807, 2.05) is 20.8 Å². The summed E-state index contributed by atoms with van der Waals surface area (Å²) in [5.74, 6) is -1.11. The Morgan fingerprint density at radius 3 is 1.80 bits per heavy atom. The van der Waals surface area contributed by atoms with Crippen LogP contribution in [0.4, 0.5) is 0 Å². The summed E-state index contributed by atoms with van der Waals surface area (Å²) in [7, 11) is 0. The Hall–Kier alpha value is -1.64. The van der Waals surface area contributed by atoms with Crippen molar-refractivity contribution in [1.29, 1.82) is 0 Å². The van der Waals surface area contributed by atoms with E-state index in [1.54, 1.807) is 18.2 Å². The van der Waals surface area contributed by atoms with Crippen molar-refractivity contribution < 1.29 is 14.3 Å². The molecular weight excluding hydrogens is 192 g/mol. The number of cyclic esters (lactones) is 2. The average Bonchev–Trinajstić information content (AvgIpc) is 2.13. The van der Waals surface area contributed by atoms with Crippen LogP contribution in [0.15, 0.2) is 18.2 Å². The van der Waals surface area contributed by atoms with Gasteiger partial charge in [-0.2, -0.15) is 0 Å². The summed E-state index contributed by atoms with van der Waals surface area (Å²) in [5.41, 5.74) is 1.80. The maximum Gasteiger partial charge on any atom is 0.346 e. The molecule has 78 valence electrons. The van der Waals surface area contributed by atoms with Gasteiger partial charge in [0.05, 0.1) is 11.1 Å². The monoisotopic (exact) mass is 204 g/mol. The average molecular weight is 204 g/mol. The molecule has 1 aromatic rings. The van der Waals surface area contributed by atoms with E-state index in [9.17, 15) is 9.59 Å². The Kier molecular flexibility index (Phi) is 1.93. The summed E-state index contributed by atoms with van der Waals surface area (Å²) in [6.07, 6.45) is 0. The summed E-state index contributed by atoms with van der Waals surface area (Å²) in [5, 5.41) is 0. The summed E-state index contributed by atoms with van der Waals surface area (Å²) in [6, 6.07) is 5.12. The third kappa shape index (κ3) is 1.65. The molecule has 0 atom stereocenters. The number of ether oxygens (including phenoxy) is 1. The first-order valence-electron chi connectivity index (χ1n) is 4.80. The maximum absolute atomic E-state index is 11.3. The van der Waals surface area contributed by atoms with Crippen molar-refractivity contribution in [3.63, 3.8) is 0 Å². The maximum atomic E-state index is 11.3. The highest BCUT2D eigenvalue weighted by atomic mass is 16.6. The highest BCUT2D eigenvalue weighted by molar-refractivity contribution is 6.07. The number of benzene rings is 1. The molecule has 2 rings (SSSR count). The molecule has 3 nitrogen and oxygen atoms in total. The Morgan fingerprint density at radius 1 is 0.933 bits per heavy atom. The molecule has 1 aliphatic heterocycles. The fourth-order valence-electron chi connectivity index (χ4n) is 1.50. The molecule has 0 saturated heterocycles. The molecule has 1 heterocycles. The number of carbonyl (C=O) groups excluding carboxylic acids is 2. The van der Waals surface area contributed by atoms with E-state index in [2.05, 4.69) is 4.74 Å². The SMILES string of the molecule is CC(C)(C)c1cc2cc(c1)C(=O)OC2=O. The van der Waals surface area contributed by atoms with E-state index >= 15 is 0 Å². The molecule has 0 unspecified atom stereocenters. The van der Waals surface area contributed by atoms with Crippen LogP contribution in [0, 0.1) is 0 Å². The molecule has 1 aromatic carbocycles. The number of esters is 2. The minimum absolute atomic E-state index is 0.0807. The van der Waals surface area contributed by atoms with Gasteiger partial charge in [-0.1, -0.05) is 20.8 Å². The van der Waals surface area contributed by atoms with E-state index in [0.29, 0.717) is 11.1 Å². The Morgan fingerprint density at radius 2 is 1.40 bits per heavy atom. The predicted molar refractivity (Wildman–Crippen MR) is 54.9 cm³/mol. The molecule has 0 aliphatic carbocycles. The van der Waals surface area contributed by atoms with Gasteiger partial charge >= 0.3 is 11.9 Å². The molecule has 3 heteroatoms. The quantitative estimate of drug-likeness (QED) is 0.481. The second kappa shape index (κ2) is 2.92. The summed E-state index contributed by atoms with van der Waals surface area (Å²) < 4.78 is 4.56. The molecule has 0 amide bonds. The van der Waals surface area contributed by atoms with Crippen LogP contribution in [0.3, 0.4) is 0 Å². The lowest BCUT2D eigenvalue weighted by Gasteiger charge is -2.22. The van der Waals surface area contributed by atoms with Crippen molar-refractivity contribution in [2.45, 2.75) is 26.2 Å². The lowest BCUT2D eigenvalue weighted by atomic mass is 9.84. The molecule has 0 aromatic heterocycles. The van der Waals surface area contributed by atoms with Crippen molar-refractivity contribution in [2.24, 2.45) is 0 Å². The highest BCUT2D eigenvalue weighted by Gasteiger charge is 2.26. The lowest BCUT2D eigenvalue weighted by molar-refractivity contribution is 0.0384. The molecule has 0 saturated carbocycles. The Labute approximate surface area is 88.1 Å². The van der Waals surface area contributed by atoms with Crippen LogP contribution in [-0.4, -0.2) is 11.9 Å². The first-order chi connectivity index (χ1) is 6.88. The van der Waals surface area contributed by atoms with Crippen molar-refractivity contribution in [2.75, 3.05) is 0 Å². The Bertz CT molecular complexity index is 420. The van der Waals surface area contributed by atoms with Gasteiger partial charge in [-0.05, 0) is 29.2 Å². The van der Waals surface area contributed by atoms with Crippen molar-refractivity contribution in [1.82, 2.24) is 0 Å². The van der Waals surface area contributed by atoms with Gasteiger partial charge in [0.1, 0.15) is 0 Å². The van der Waals surface area contributed by atoms with E-state index in [0.717, 1.165) is 5.56 Å². The molecule has 15 heavy (non-hydrogen) atoms. The smallest absolute Gasteiger partial charge is 0.346 e. The van der Waals surface area contributed by atoms with Gasteiger partial charge in [-0.3, -0.25) is 0 Å². The predicted octanol–water partition coefficient (Wildman–Crippen LogP) is 2.29. The fraction of sp³-hybridized carbons (Fsp3) is 0.333.